The lowest BCUT2D eigenvalue weighted by Gasteiger charge is -2.08. The van der Waals surface area contributed by atoms with Crippen molar-refractivity contribution in [2.45, 2.75) is 13.5 Å². The molecule has 0 radical (unpaired) electrons. The van der Waals surface area contributed by atoms with E-state index in [9.17, 15) is 9.90 Å². The molecule has 1 aromatic rings. The number of ether oxygens (including phenoxy) is 1. The van der Waals surface area contributed by atoms with E-state index in [0.717, 1.165) is 0 Å². The van der Waals surface area contributed by atoms with Gasteiger partial charge in [0, 0.05) is 0 Å². The number of hydrogen-bond donors (Lipinski definition) is 2. The molecular formula is C10H12O4. The van der Waals surface area contributed by atoms with Gasteiger partial charge in [0.15, 0.2) is 0 Å². The maximum Gasteiger partial charge on any atom is 0.341 e. The Morgan fingerprint density at radius 2 is 2.14 bits per heavy atom. The first-order valence-corrected chi connectivity index (χ1v) is 4.12. The molecule has 0 saturated heterocycles. The molecule has 0 spiro atoms. The van der Waals surface area contributed by atoms with E-state index in [0.29, 0.717) is 11.1 Å². The quantitative estimate of drug-likeness (QED) is 0.692. The second-order valence-corrected chi connectivity index (χ2v) is 2.90. The average molecular weight is 196 g/mol. The number of phenols is 1. The van der Waals surface area contributed by atoms with Crippen molar-refractivity contribution in [1.82, 2.24) is 0 Å². The molecule has 2 N–H and O–H groups in total. The monoisotopic (exact) mass is 196 g/mol. The van der Waals surface area contributed by atoms with E-state index in [4.69, 9.17) is 5.11 Å². The van der Waals surface area contributed by atoms with Crippen LogP contribution < -0.4 is 0 Å². The maximum atomic E-state index is 11.1. The maximum absolute atomic E-state index is 11.1. The van der Waals surface area contributed by atoms with Crippen LogP contribution in [0, 0.1) is 6.92 Å². The molecule has 76 valence electrons. The minimum atomic E-state index is -0.588. The van der Waals surface area contributed by atoms with E-state index in [2.05, 4.69) is 4.74 Å². The number of methoxy groups -OCH3 is 1. The van der Waals surface area contributed by atoms with Crippen molar-refractivity contribution in [3.05, 3.63) is 28.8 Å². The Morgan fingerprint density at radius 3 is 2.64 bits per heavy atom. The first-order chi connectivity index (χ1) is 6.61. The molecule has 4 heteroatoms. The van der Waals surface area contributed by atoms with Gasteiger partial charge in [0.2, 0.25) is 0 Å². The zero-order valence-corrected chi connectivity index (χ0v) is 8.07. The number of rotatable bonds is 2. The SMILES string of the molecule is COC(=O)c1ccc(CO)c(C)c1O. The number of aliphatic hydroxyl groups is 1. The van der Waals surface area contributed by atoms with Gasteiger partial charge >= 0.3 is 5.97 Å². The van der Waals surface area contributed by atoms with Gasteiger partial charge in [0.05, 0.1) is 13.7 Å². The fourth-order valence-corrected chi connectivity index (χ4v) is 1.19. The number of carbonyl (C=O) groups excluding carboxylic acids is 1. The lowest BCUT2D eigenvalue weighted by atomic mass is 10.0. The summed E-state index contributed by atoms with van der Waals surface area (Å²) in [6.07, 6.45) is 0. The van der Waals surface area contributed by atoms with Crippen LogP contribution in [0.2, 0.25) is 0 Å². The third kappa shape index (κ3) is 1.70. The third-order valence-electron chi connectivity index (χ3n) is 2.12. The van der Waals surface area contributed by atoms with Gasteiger partial charge in [-0.2, -0.15) is 0 Å². The van der Waals surface area contributed by atoms with Gasteiger partial charge in [-0.25, -0.2) is 4.79 Å². The molecule has 0 unspecified atom stereocenters. The molecule has 0 aliphatic heterocycles. The summed E-state index contributed by atoms with van der Waals surface area (Å²) in [7, 11) is 1.25. The van der Waals surface area contributed by atoms with Crippen molar-refractivity contribution in [3.8, 4) is 5.75 Å². The Hall–Kier alpha value is -1.55. The number of benzene rings is 1. The van der Waals surface area contributed by atoms with Crippen molar-refractivity contribution in [3.63, 3.8) is 0 Å². The summed E-state index contributed by atoms with van der Waals surface area (Å²) in [4.78, 5) is 11.1. The fourth-order valence-electron chi connectivity index (χ4n) is 1.19. The fraction of sp³-hybridized carbons (Fsp3) is 0.300. The van der Waals surface area contributed by atoms with Gasteiger partial charge < -0.3 is 14.9 Å². The molecule has 4 nitrogen and oxygen atoms in total. The zero-order valence-electron chi connectivity index (χ0n) is 8.07. The lowest BCUT2D eigenvalue weighted by molar-refractivity contribution is 0.0597. The molecule has 0 amide bonds. The number of aliphatic hydroxyl groups excluding tert-OH is 1. The van der Waals surface area contributed by atoms with Crippen LogP contribution in [-0.2, 0) is 11.3 Å². The Labute approximate surface area is 81.8 Å². The van der Waals surface area contributed by atoms with Crippen LogP contribution in [0.25, 0.3) is 0 Å². The predicted octanol–water partition coefficient (Wildman–Crippen LogP) is 0.980. The average Bonchev–Trinajstić information content (AvgIpc) is 2.21. The summed E-state index contributed by atoms with van der Waals surface area (Å²) in [6, 6.07) is 3.01. The third-order valence-corrected chi connectivity index (χ3v) is 2.12. The van der Waals surface area contributed by atoms with Crippen LogP contribution in [0.15, 0.2) is 12.1 Å². The molecule has 0 heterocycles. The Balaban J connectivity index is 3.24. The van der Waals surface area contributed by atoms with Crippen LogP contribution >= 0.6 is 0 Å². The standard InChI is InChI=1S/C10H12O4/c1-6-7(5-11)3-4-8(9(6)12)10(13)14-2/h3-4,11-12H,5H2,1-2H3. The lowest BCUT2D eigenvalue weighted by Crippen LogP contribution is -2.03. The molecule has 1 aromatic carbocycles. The van der Waals surface area contributed by atoms with Crippen LogP contribution in [0.4, 0.5) is 0 Å². The molecule has 0 bridgehead atoms. The number of aromatic hydroxyl groups is 1. The molecule has 0 aromatic heterocycles. The first kappa shape index (κ1) is 10.5. The minimum Gasteiger partial charge on any atom is -0.507 e. The highest BCUT2D eigenvalue weighted by molar-refractivity contribution is 5.92. The smallest absolute Gasteiger partial charge is 0.341 e. The van der Waals surface area contributed by atoms with Crippen molar-refractivity contribution in [1.29, 1.82) is 0 Å². The van der Waals surface area contributed by atoms with Crippen LogP contribution in [-0.4, -0.2) is 23.3 Å². The van der Waals surface area contributed by atoms with Crippen LogP contribution in [0.1, 0.15) is 21.5 Å². The van der Waals surface area contributed by atoms with Gasteiger partial charge in [-0.15, -0.1) is 0 Å². The van der Waals surface area contributed by atoms with Gasteiger partial charge in [0.1, 0.15) is 11.3 Å². The zero-order chi connectivity index (χ0) is 10.7. The number of phenolic OH excluding ortho intramolecular Hbond substituents is 1. The van der Waals surface area contributed by atoms with Gasteiger partial charge in [-0.05, 0) is 24.1 Å². The first-order valence-electron chi connectivity index (χ1n) is 4.12. The topological polar surface area (TPSA) is 66.8 Å². The number of esters is 1. The van der Waals surface area contributed by atoms with Crippen LogP contribution in [0.5, 0.6) is 5.75 Å². The molecule has 0 aliphatic carbocycles. The molecule has 14 heavy (non-hydrogen) atoms. The van der Waals surface area contributed by atoms with E-state index in [-0.39, 0.29) is 17.9 Å². The van der Waals surface area contributed by atoms with Crippen molar-refractivity contribution < 1.29 is 19.7 Å². The molecule has 0 aliphatic rings. The Kier molecular flexibility index (Phi) is 3.09. The summed E-state index contributed by atoms with van der Waals surface area (Å²) < 4.78 is 4.48. The number of hydrogen-bond acceptors (Lipinski definition) is 4. The van der Waals surface area contributed by atoms with Gasteiger partial charge in [-0.3, -0.25) is 0 Å². The molecule has 0 fully saturated rings. The Morgan fingerprint density at radius 1 is 1.50 bits per heavy atom. The summed E-state index contributed by atoms with van der Waals surface area (Å²) >= 11 is 0. The van der Waals surface area contributed by atoms with E-state index < -0.39 is 5.97 Å². The minimum absolute atomic E-state index is 0.113. The summed E-state index contributed by atoms with van der Waals surface area (Å²) in [5.74, 6) is -0.724. The molecule has 0 atom stereocenters. The van der Waals surface area contributed by atoms with Crippen molar-refractivity contribution in [2.24, 2.45) is 0 Å². The van der Waals surface area contributed by atoms with Crippen LogP contribution in [0.3, 0.4) is 0 Å². The highest BCUT2D eigenvalue weighted by Gasteiger charge is 2.14. The summed E-state index contributed by atoms with van der Waals surface area (Å²) in [5, 5.41) is 18.5. The molecule has 1 rings (SSSR count). The Bertz CT molecular complexity index is 357. The molecule has 0 saturated carbocycles. The second kappa shape index (κ2) is 4.11. The largest absolute Gasteiger partial charge is 0.507 e. The van der Waals surface area contributed by atoms with E-state index in [1.54, 1.807) is 13.0 Å². The van der Waals surface area contributed by atoms with Crippen molar-refractivity contribution >= 4 is 5.97 Å². The van der Waals surface area contributed by atoms with E-state index >= 15 is 0 Å². The summed E-state index contributed by atoms with van der Waals surface area (Å²) in [6.45, 7) is 1.47. The van der Waals surface area contributed by atoms with Gasteiger partial charge in [0.25, 0.3) is 0 Å². The normalized spacial score (nSPS) is 9.93. The van der Waals surface area contributed by atoms with E-state index in [1.807, 2.05) is 0 Å². The van der Waals surface area contributed by atoms with Crippen molar-refractivity contribution in [2.75, 3.05) is 7.11 Å². The highest BCUT2D eigenvalue weighted by Crippen LogP contribution is 2.25. The molecular weight excluding hydrogens is 184 g/mol. The highest BCUT2D eigenvalue weighted by atomic mass is 16.5. The summed E-state index contributed by atoms with van der Waals surface area (Å²) in [5.41, 5.74) is 1.20. The second-order valence-electron chi connectivity index (χ2n) is 2.90. The number of carbonyl (C=O) groups is 1. The predicted molar refractivity (Wildman–Crippen MR) is 50.1 cm³/mol. The van der Waals surface area contributed by atoms with Gasteiger partial charge in [-0.1, -0.05) is 6.07 Å². The van der Waals surface area contributed by atoms with E-state index in [1.165, 1.54) is 13.2 Å².